The minimum absolute atomic E-state index is 0.227. The number of carbonyl (C=O) groups is 2. The van der Waals surface area contributed by atoms with E-state index in [1.54, 1.807) is 0 Å². The quantitative estimate of drug-likeness (QED) is 0.646. The Morgan fingerprint density at radius 2 is 2.11 bits per heavy atom. The molecule has 19 heavy (non-hydrogen) atoms. The third-order valence-electron chi connectivity index (χ3n) is 3.24. The van der Waals surface area contributed by atoms with Gasteiger partial charge in [-0.2, -0.15) is 0 Å². The van der Waals surface area contributed by atoms with E-state index in [0.29, 0.717) is 18.9 Å². The largest absolute Gasteiger partial charge is 0.480 e. The topological polar surface area (TPSA) is 78.4 Å². The molecule has 2 amide bonds. The fraction of sp³-hybridized carbons (Fsp3) is 0.714. The molecule has 5 heteroatoms. The maximum Gasteiger partial charge on any atom is 0.326 e. The van der Waals surface area contributed by atoms with Crippen molar-refractivity contribution in [3.05, 3.63) is 12.2 Å². The van der Waals surface area contributed by atoms with Crippen molar-refractivity contribution in [3.8, 4) is 0 Å². The van der Waals surface area contributed by atoms with Crippen molar-refractivity contribution in [2.24, 2.45) is 11.8 Å². The van der Waals surface area contributed by atoms with E-state index < -0.39 is 12.0 Å². The van der Waals surface area contributed by atoms with Crippen molar-refractivity contribution in [2.45, 2.75) is 45.6 Å². The van der Waals surface area contributed by atoms with Crippen LogP contribution in [0.25, 0.3) is 0 Å². The van der Waals surface area contributed by atoms with Crippen LogP contribution >= 0.6 is 0 Å². The van der Waals surface area contributed by atoms with Gasteiger partial charge in [0.25, 0.3) is 0 Å². The normalized spacial score (nSPS) is 20.1. The van der Waals surface area contributed by atoms with Crippen LogP contribution in [0.4, 0.5) is 4.79 Å². The van der Waals surface area contributed by atoms with Gasteiger partial charge in [0.15, 0.2) is 0 Å². The van der Waals surface area contributed by atoms with E-state index in [4.69, 9.17) is 5.11 Å². The van der Waals surface area contributed by atoms with Crippen LogP contribution in [0.1, 0.15) is 39.5 Å². The van der Waals surface area contributed by atoms with Gasteiger partial charge in [0.2, 0.25) is 0 Å². The van der Waals surface area contributed by atoms with Crippen LogP contribution in [0.5, 0.6) is 0 Å². The lowest BCUT2D eigenvalue weighted by Gasteiger charge is -2.20. The predicted octanol–water partition coefficient (Wildman–Crippen LogP) is 2.14. The minimum Gasteiger partial charge on any atom is -0.480 e. The maximum atomic E-state index is 11.7. The maximum absolute atomic E-state index is 11.7. The van der Waals surface area contributed by atoms with Crippen LogP contribution in [-0.4, -0.2) is 29.7 Å². The number of rotatable bonds is 6. The Bertz CT molecular complexity index is 340. The number of aliphatic carboxylic acids is 1. The summed E-state index contributed by atoms with van der Waals surface area (Å²) in [6.07, 6.45) is 7.83. The fourth-order valence-corrected chi connectivity index (χ4v) is 2.18. The van der Waals surface area contributed by atoms with Gasteiger partial charge >= 0.3 is 12.0 Å². The second-order valence-electron chi connectivity index (χ2n) is 5.53. The molecule has 0 aromatic rings. The fourth-order valence-electron chi connectivity index (χ4n) is 2.18. The Morgan fingerprint density at radius 1 is 1.37 bits per heavy atom. The smallest absolute Gasteiger partial charge is 0.326 e. The first kappa shape index (κ1) is 15.5. The summed E-state index contributed by atoms with van der Waals surface area (Å²) in [5.74, 6) is -0.293. The molecule has 5 nitrogen and oxygen atoms in total. The Hall–Kier alpha value is -1.52. The van der Waals surface area contributed by atoms with E-state index in [9.17, 15) is 9.59 Å². The van der Waals surface area contributed by atoms with Crippen molar-refractivity contribution in [1.29, 1.82) is 0 Å². The van der Waals surface area contributed by atoms with E-state index in [2.05, 4.69) is 22.8 Å². The third-order valence-corrected chi connectivity index (χ3v) is 3.24. The molecule has 1 rings (SSSR count). The molecular weight excluding hydrogens is 244 g/mol. The summed E-state index contributed by atoms with van der Waals surface area (Å²) in [5.41, 5.74) is 0. The average molecular weight is 268 g/mol. The van der Waals surface area contributed by atoms with Gasteiger partial charge in [0, 0.05) is 6.54 Å². The first-order chi connectivity index (χ1) is 8.99. The van der Waals surface area contributed by atoms with Gasteiger partial charge < -0.3 is 15.7 Å². The molecule has 0 heterocycles. The van der Waals surface area contributed by atoms with E-state index in [1.165, 1.54) is 0 Å². The molecule has 0 saturated carbocycles. The number of urea groups is 1. The lowest BCUT2D eigenvalue weighted by atomic mass is 9.94. The van der Waals surface area contributed by atoms with Gasteiger partial charge in [-0.1, -0.05) is 26.0 Å². The summed E-state index contributed by atoms with van der Waals surface area (Å²) >= 11 is 0. The van der Waals surface area contributed by atoms with Crippen molar-refractivity contribution in [1.82, 2.24) is 10.6 Å². The zero-order valence-corrected chi connectivity index (χ0v) is 11.7. The van der Waals surface area contributed by atoms with Gasteiger partial charge in [-0.15, -0.1) is 0 Å². The Balaban J connectivity index is 2.31. The summed E-state index contributed by atoms with van der Waals surface area (Å²) in [7, 11) is 0. The Kier molecular flexibility index (Phi) is 6.39. The lowest BCUT2D eigenvalue weighted by molar-refractivity contribution is -0.139. The highest BCUT2D eigenvalue weighted by Crippen LogP contribution is 2.16. The van der Waals surface area contributed by atoms with Crippen molar-refractivity contribution < 1.29 is 14.7 Å². The highest BCUT2D eigenvalue weighted by atomic mass is 16.4. The number of hydrogen-bond donors (Lipinski definition) is 3. The van der Waals surface area contributed by atoms with E-state index in [1.807, 2.05) is 13.8 Å². The van der Waals surface area contributed by atoms with Gasteiger partial charge in [-0.25, -0.2) is 9.59 Å². The number of carboxylic acids is 1. The van der Waals surface area contributed by atoms with E-state index in [-0.39, 0.29) is 11.9 Å². The van der Waals surface area contributed by atoms with Gasteiger partial charge in [0.1, 0.15) is 6.04 Å². The van der Waals surface area contributed by atoms with Crippen molar-refractivity contribution in [2.75, 3.05) is 6.54 Å². The summed E-state index contributed by atoms with van der Waals surface area (Å²) in [6.45, 7) is 4.47. The molecule has 0 aromatic heterocycles. The van der Waals surface area contributed by atoms with E-state index in [0.717, 1.165) is 19.3 Å². The van der Waals surface area contributed by atoms with Gasteiger partial charge in [-0.3, -0.25) is 0 Å². The molecule has 1 aliphatic rings. The first-order valence-electron chi connectivity index (χ1n) is 6.91. The Morgan fingerprint density at radius 3 is 2.63 bits per heavy atom. The molecule has 0 aliphatic heterocycles. The molecule has 0 bridgehead atoms. The molecule has 0 fully saturated rings. The molecule has 0 saturated heterocycles. The number of amides is 2. The minimum atomic E-state index is -0.982. The Labute approximate surface area is 114 Å². The summed E-state index contributed by atoms with van der Waals surface area (Å²) in [4.78, 5) is 22.7. The standard InChI is InChI=1S/C14H24N2O3/c1-10(2)8-12(13(17)18)16-14(19)15-9-11-6-4-3-5-7-11/h3-4,10-12H,5-9H2,1-2H3,(H,17,18)(H2,15,16,19). The van der Waals surface area contributed by atoms with Gasteiger partial charge in [-0.05, 0) is 37.5 Å². The average Bonchev–Trinajstić information content (AvgIpc) is 2.36. The summed E-state index contributed by atoms with van der Waals surface area (Å²) in [5, 5.41) is 14.3. The van der Waals surface area contributed by atoms with E-state index >= 15 is 0 Å². The summed E-state index contributed by atoms with van der Waals surface area (Å²) < 4.78 is 0. The lowest BCUT2D eigenvalue weighted by Crippen LogP contribution is -2.47. The van der Waals surface area contributed by atoms with Crippen LogP contribution in [0.15, 0.2) is 12.2 Å². The number of hydrogen-bond acceptors (Lipinski definition) is 2. The molecule has 1 aliphatic carbocycles. The molecule has 0 aromatic carbocycles. The van der Waals surface area contributed by atoms with Crippen LogP contribution in [-0.2, 0) is 4.79 Å². The second-order valence-corrected chi connectivity index (χ2v) is 5.53. The van der Waals surface area contributed by atoms with Gasteiger partial charge in [0.05, 0.1) is 0 Å². The van der Waals surface area contributed by atoms with Crippen LogP contribution in [0.2, 0.25) is 0 Å². The molecule has 0 spiro atoms. The molecule has 108 valence electrons. The summed E-state index contributed by atoms with van der Waals surface area (Å²) in [6, 6.07) is -1.20. The zero-order valence-electron chi connectivity index (χ0n) is 11.7. The van der Waals surface area contributed by atoms with Crippen LogP contribution in [0, 0.1) is 11.8 Å². The number of nitrogens with one attached hydrogen (secondary N) is 2. The highest BCUT2D eigenvalue weighted by Gasteiger charge is 2.21. The van der Waals surface area contributed by atoms with Crippen molar-refractivity contribution >= 4 is 12.0 Å². The molecule has 0 radical (unpaired) electrons. The predicted molar refractivity (Wildman–Crippen MR) is 73.9 cm³/mol. The molecule has 3 N–H and O–H groups in total. The zero-order chi connectivity index (χ0) is 14.3. The first-order valence-corrected chi connectivity index (χ1v) is 6.91. The van der Waals surface area contributed by atoms with Crippen molar-refractivity contribution in [3.63, 3.8) is 0 Å². The monoisotopic (exact) mass is 268 g/mol. The highest BCUT2D eigenvalue weighted by molar-refractivity contribution is 5.82. The second kappa shape index (κ2) is 7.81. The number of carbonyl (C=O) groups excluding carboxylic acids is 1. The molecule has 2 unspecified atom stereocenters. The van der Waals surface area contributed by atoms with Crippen LogP contribution in [0.3, 0.4) is 0 Å². The molecule has 2 atom stereocenters. The number of carboxylic acid groups (broad SMARTS) is 1. The molecular formula is C14H24N2O3. The van der Waals surface area contributed by atoms with Crippen LogP contribution < -0.4 is 10.6 Å². The SMILES string of the molecule is CC(C)CC(NC(=O)NCC1CC=CCC1)C(=O)O. The number of allylic oxidation sites excluding steroid dienone is 2. The third kappa shape index (κ3) is 6.27.